The fourth-order valence-corrected chi connectivity index (χ4v) is 3.48. The Morgan fingerprint density at radius 2 is 1.71 bits per heavy atom. The Bertz CT molecular complexity index is 279. The largest absolute Gasteiger partial charge is 0.315 e. The molecule has 1 N–H and O–H groups in total. The Balaban J connectivity index is 3.99. The molecule has 0 spiro atoms. The van der Waals surface area contributed by atoms with Crippen molar-refractivity contribution >= 4 is 21.4 Å². The van der Waals surface area contributed by atoms with Crippen molar-refractivity contribution in [1.82, 2.24) is 5.32 Å². The van der Waals surface area contributed by atoms with Crippen molar-refractivity contribution in [3.63, 3.8) is 0 Å². The van der Waals surface area contributed by atoms with Gasteiger partial charge in [0, 0.05) is 24.7 Å². The van der Waals surface area contributed by atoms with Crippen LogP contribution in [0.5, 0.6) is 0 Å². The number of hydrogen-bond donors (Lipinski definition) is 1. The first-order valence-corrected chi connectivity index (χ1v) is 8.78. The summed E-state index contributed by atoms with van der Waals surface area (Å²) in [6.07, 6.45) is 2.72. The lowest BCUT2D eigenvalue weighted by molar-refractivity contribution is 0.289. The van der Waals surface area contributed by atoms with Crippen LogP contribution in [0.2, 0.25) is 0 Å². The van der Waals surface area contributed by atoms with Gasteiger partial charge in [0.2, 0.25) is 0 Å². The molecule has 0 heterocycles. The molecule has 0 fully saturated rings. The summed E-state index contributed by atoms with van der Waals surface area (Å²) in [5, 5.41) is 3.23. The van der Waals surface area contributed by atoms with Crippen LogP contribution in [0.1, 0.15) is 40.0 Å². The Morgan fingerprint density at radius 1 is 1.12 bits per heavy atom. The Hall–Kier alpha value is 0.200. The van der Waals surface area contributed by atoms with Crippen molar-refractivity contribution in [2.24, 2.45) is 5.41 Å². The maximum absolute atomic E-state index is 11.5. The van der Waals surface area contributed by atoms with Gasteiger partial charge in [-0.3, -0.25) is 0 Å². The molecule has 0 aliphatic heterocycles. The third-order valence-electron chi connectivity index (χ3n) is 3.39. The third kappa shape index (κ3) is 6.63. The lowest BCUT2D eigenvalue weighted by atomic mass is 9.84. The van der Waals surface area contributed by atoms with Gasteiger partial charge in [0.15, 0.2) is 9.84 Å². The molecular weight excluding hydrogens is 258 g/mol. The molecule has 0 rings (SSSR count). The van der Waals surface area contributed by atoms with E-state index in [1.165, 1.54) is 0 Å². The van der Waals surface area contributed by atoms with Gasteiger partial charge in [0.1, 0.15) is 0 Å². The molecule has 5 heteroatoms. The van der Waals surface area contributed by atoms with Gasteiger partial charge in [0.05, 0.1) is 5.75 Å². The van der Waals surface area contributed by atoms with Crippen molar-refractivity contribution in [3.05, 3.63) is 0 Å². The van der Waals surface area contributed by atoms with E-state index in [1.807, 2.05) is 6.92 Å². The van der Waals surface area contributed by atoms with Crippen molar-refractivity contribution < 1.29 is 8.42 Å². The van der Waals surface area contributed by atoms with E-state index in [2.05, 4.69) is 19.2 Å². The molecule has 17 heavy (non-hydrogen) atoms. The van der Waals surface area contributed by atoms with Gasteiger partial charge in [0.25, 0.3) is 0 Å². The van der Waals surface area contributed by atoms with Crippen LogP contribution in [0.25, 0.3) is 0 Å². The monoisotopic (exact) mass is 283 g/mol. The number of hydrogen-bond acceptors (Lipinski definition) is 3. The molecule has 0 unspecified atom stereocenters. The molecule has 0 radical (unpaired) electrons. The van der Waals surface area contributed by atoms with Crippen LogP contribution in [0, 0.1) is 5.41 Å². The first-order valence-electron chi connectivity index (χ1n) is 6.42. The zero-order valence-electron chi connectivity index (χ0n) is 11.3. The second-order valence-electron chi connectivity index (χ2n) is 4.67. The Labute approximate surface area is 111 Å². The zero-order valence-corrected chi connectivity index (χ0v) is 12.8. The summed E-state index contributed by atoms with van der Waals surface area (Å²) >= 11 is 5.98. The first-order chi connectivity index (χ1) is 7.95. The van der Waals surface area contributed by atoms with Gasteiger partial charge in [-0.1, -0.05) is 20.8 Å². The Kier molecular flexibility index (Phi) is 8.43. The van der Waals surface area contributed by atoms with E-state index in [1.54, 1.807) is 0 Å². The molecule has 0 aliphatic carbocycles. The van der Waals surface area contributed by atoms with Crippen LogP contribution in [0.4, 0.5) is 0 Å². The summed E-state index contributed by atoms with van der Waals surface area (Å²) in [4.78, 5) is 0. The van der Waals surface area contributed by atoms with Gasteiger partial charge < -0.3 is 5.32 Å². The minimum atomic E-state index is -2.87. The van der Waals surface area contributed by atoms with Gasteiger partial charge in [-0.2, -0.15) is 0 Å². The van der Waals surface area contributed by atoms with Crippen molar-refractivity contribution in [1.29, 1.82) is 0 Å². The Morgan fingerprint density at radius 3 is 2.12 bits per heavy atom. The van der Waals surface area contributed by atoms with Crippen molar-refractivity contribution in [2.75, 3.05) is 30.5 Å². The number of alkyl halides is 1. The number of sulfone groups is 1. The average Bonchev–Trinajstić information content (AvgIpc) is 2.30. The quantitative estimate of drug-likeness (QED) is 0.495. The smallest absolute Gasteiger partial charge is 0.151 e. The highest BCUT2D eigenvalue weighted by molar-refractivity contribution is 7.91. The molecule has 3 nitrogen and oxygen atoms in total. The highest BCUT2D eigenvalue weighted by Gasteiger charge is 2.24. The SMILES string of the molecule is CCCS(=O)(=O)CCNCC(CC)(CC)CCl. The van der Waals surface area contributed by atoms with E-state index in [-0.39, 0.29) is 16.9 Å². The molecule has 0 saturated carbocycles. The van der Waals surface area contributed by atoms with Crippen molar-refractivity contribution in [3.8, 4) is 0 Å². The van der Waals surface area contributed by atoms with Crippen LogP contribution in [-0.4, -0.2) is 38.9 Å². The minimum absolute atomic E-state index is 0.107. The van der Waals surface area contributed by atoms with Crippen LogP contribution in [0.3, 0.4) is 0 Å². The standard InChI is InChI=1S/C12H26ClNO2S/c1-4-8-17(15,16)9-7-14-11-12(5-2,6-3)10-13/h14H,4-11H2,1-3H3. The lowest BCUT2D eigenvalue weighted by Gasteiger charge is -2.29. The second kappa shape index (κ2) is 8.33. The van der Waals surface area contributed by atoms with E-state index in [9.17, 15) is 8.42 Å². The second-order valence-corrected chi connectivity index (χ2v) is 7.24. The van der Waals surface area contributed by atoms with Crippen LogP contribution < -0.4 is 5.32 Å². The predicted molar refractivity (Wildman–Crippen MR) is 75.5 cm³/mol. The highest BCUT2D eigenvalue weighted by Crippen LogP contribution is 2.26. The van der Waals surface area contributed by atoms with Gasteiger partial charge in [-0.05, 0) is 24.7 Å². The van der Waals surface area contributed by atoms with Gasteiger partial charge >= 0.3 is 0 Å². The highest BCUT2D eigenvalue weighted by atomic mass is 35.5. The zero-order chi connectivity index (χ0) is 13.4. The molecule has 0 aromatic carbocycles. The summed E-state index contributed by atoms with van der Waals surface area (Å²) < 4.78 is 23.0. The summed E-state index contributed by atoms with van der Waals surface area (Å²) in [7, 11) is -2.87. The van der Waals surface area contributed by atoms with E-state index in [0.717, 1.165) is 19.4 Å². The topological polar surface area (TPSA) is 46.2 Å². The fraction of sp³-hybridized carbons (Fsp3) is 1.00. The molecule has 0 aromatic rings. The maximum atomic E-state index is 11.5. The van der Waals surface area contributed by atoms with Crippen LogP contribution in [-0.2, 0) is 9.84 Å². The fourth-order valence-electron chi connectivity index (χ4n) is 1.73. The number of halogens is 1. The summed E-state index contributed by atoms with van der Waals surface area (Å²) in [6.45, 7) is 7.46. The van der Waals surface area contributed by atoms with E-state index >= 15 is 0 Å². The molecular formula is C12H26ClNO2S. The summed E-state index contributed by atoms with van der Waals surface area (Å²) in [6, 6.07) is 0. The first kappa shape index (κ1) is 17.2. The third-order valence-corrected chi connectivity index (χ3v) is 5.81. The van der Waals surface area contributed by atoms with Gasteiger partial charge in [-0.15, -0.1) is 11.6 Å². The molecule has 104 valence electrons. The average molecular weight is 284 g/mol. The maximum Gasteiger partial charge on any atom is 0.151 e. The molecule has 0 atom stereocenters. The van der Waals surface area contributed by atoms with Crippen LogP contribution in [0.15, 0.2) is 0 Å². The number of nitrogens with one attached hydrogen (secondary N) is 1. The van der Waals surface area contributed by atoms with E-state index in [0.29, 0.717) is 18.8 Å². The van der Waals surface area contributed by atoms with E-state index < -0.39 is 9.84 Å². The molecule has 0 aliphatic rings. The van der Waals surface area contributed by atoms with E-state index in [4.69, 9.17) is 11.6 Å². The lowest BCUT2D eigenvalue weighted by Crippen LogP contribution is -2.37. The minimum Gasteiger partial charge on any atom is -0.315 e. The normalized spacial score (nSPS) is 12.9. The summed E-state index contributed by atoms with van der Waals surface area (Å²) in [5.41, 5.74) is 0.107. The van der Waals surface area contributed by atoms with Crippen LogP contribution >= 0.6 is 11.6 Å². The predicted octanol–water partition coefficient (Wildman–Crippen LogP) is 2.45. The van der Waals surface area contributed by atoms with Crippen molar-refractivity contribution in [2.45, 2.75) is 40.0 Å². The molecule has 0 amide bonds. The molecule has 0 bridgehead atoms. The summed E-state index contributed by atoms with van der Waals surface area (Å²) in [5.74, 6) is 1.14. The molecule has 0 saturated heterocycles. The molecule has 0 aromatic heterocycles. The van der Waals surface area contributed by atoms with Gasteiger partial charge in [-0.25, -0.2) is 8.42 Å². The number of rotatable bonds is 10.